The molecule has 4 N–H and O–H groups in total. The van der Waals surface area contributed by atoms with E-state index in [2.05, 4.69) is 88.4 Å². The van der Waals surface area contributed by atoms with E-state index in [4.69, 9.17) is 18.8 Å². The molecule has 0 saturated carbocycles. The fraction of sp³-hybridized carbons (Fsp3) is 0.700. The molecule has 48 heavy (non-hydrogen) atoms. The Balaban J connectivity index is 2.52. The van der Waals surface area contributed by atoms with Crippen molar-refractivity contribution in [3.63, 3.8) is 0 Å². The zero-order valence-electron chi connectivity index (χ0n) is 30.6. The third kappa shape index (κ3) is 13.6. The van der Waals surface area contributed by atoms with Crippen LogP contribution in [-0.4, -0.2) is 31.8 Å². The van der Waals surface area contributed by atoms with Gasteiger partial charge in [-0.25, -0.2) is 0 Å². The highest BCUT2D eigenvalue weighted by atomic mass is 31.2. The van der Waals surface area contributed by atoms with Crippen LogP contribution >= 0.6 is 17.2 Å². The maximum atomic E-state index is 10.9. The predicted octanol–water partition coefficient (Wildman–Crippen LogP) is 11.9. The van der Waals surface area contributed by atoms with Crippen LogP contribution < -0.4 is 0 Å². The first-order valence-electron chi connectivity index (χ1n) is 19.0. The topological polar surface area (TPSA) is 99.4 Å². The molecule has 0 radical (unpaired) electrons. The zero-order valence-corrected chi connectivity index (χ0v) is 32.4. The van der Waals surface area contributed by atoms with Crippen molar-refractivity contribution in [1.82, 2.24) is 0 Å². The van der Waals surface area contributed by atoms with Crippen LogP contribution in [0.25, 0.3) is 0 Å². The second-order valence-electron chi connectivity index (χ2n) is 13.9. The molecule has 2 atom stereocenters. The average Bonchev–Trinajstić information content (AvgIpc) is 3.08. The van der Waals surface area contributed by atoms with E-state index in [1.807, 2.05) is 0 Å². The lowest BCUT2D eigenvalue weighted by Crippen LogP contribution is -2.61. The van der Waals surface area contributed by atoms with Crippen molar-refractivity contribution in [2.24, 2.45) is 11.8 Å². The number of unbranched alkanes of at least 4 members (excludes halogenated alkanes) is 13. The minimum absolute atomic E-state index is 0.0948. The summed E-state index contributed by atoms with van der Waals surface area (Å²) in [4.78, 5) is 39.6. The van der Waals surface area contributed by atoms with Gasteiger partial charge in [-0.3, -0.25) is 0 Å². The third-order valence-electron chi connectivity index (χ3n) is 10.5. The molecule has 8 heteroatoms. The van der Waals surface area contributed by atoms with Gasteiger partial charge in [0.15, 0.2) is 0 Å². The normalized spacial score (nSPS) is 14.8. The molecule has 0 heterocycles. The van der Waals surface area contributed by atoms with Crippen molar-refractivity contribution in [3.8, 4) is 0 Å². The Kier molecular flexibility index (Phi) is 22.6. The molecule has 0 fully saturated rings. The fourth-order valence-electron chi connectivity index (χ4n) is 8.15. The van der Waals surface area contributed by atoms with Crippen LogP contribution in [0.4, 0.5) is 0 Å². The molecule has 0 bridgehead atoms. The number of rotatable bonds is 29. The van der Waals surface area contributed by atoms with Gasteiger partial charge in [0.1, 0.15) is 0 Å². The smallest absolute Gasteiger partial charge is 0.327 e. The summed E-state index contributed by atoms with van der Waals surface area (Å²) < 4.78 is 11.7. The molecule has 0 aliphatic carbocycles. The van der Waals surface area contributed by atoms with E-state index >= 15 is 0 Å². The summed E-state index contributed by atoms with van der Waals surface area (Å²) >= 11 is 0. The molecule has 0 amide bonds. The van der Waals surface area contributed by atoms with E-state index in [1.54, 1.807) is 0 Å². The molecule has 0 aliphatic heterocycles. The molecule has 0 aliphatic rings. The number of hydrogen-bond acceptors (Lipinski definition) is 6. The summed E-state index contributed by atoms with van der Waals surface area (Å²) in [5.41, 5.74) is 1.000. The maximum Gasteiger partial charge on any atom is 0.327 e. The first-order chi connectivity index (χ1) is 23.3. The largest absolute Gasteiger partial charge is 0.328 e. The van der Waals surface area contributed by atoms with Crippen molar-refractivity contribution in [2.45, 2.75) is 161 Å². The van der Waals surface area contributed by atoms with E-state index in [9.17, 15) is 9.79 Å². The third-order valence-corrected chi connectivity index (χ3v) is 11.4. The number of hydrogen-bond donors (Lipinski definition) is 4. The van der Waals surface area contributed by atoms with Gasteiger partial charge in [0.25, 0.3) is 0 Å². The lowest BCUT2D eigenvalue weighted by molar-refractivity contribution is -0.102. The van der Waals surface area contributed by atoms with Crippen molar-refractivity contribution in [2.75, 3.05) is 6.61 Å². The van der Waals surface area contributed by atoms with Gasteiger partial charge in [-0.15, -0.1) is 0 Å². The van der Waals surface area contributed by atoms with Gasteiger partial charge in [0.2, 0.25) is 0 Å². The molecule has 2 aromatic carbocycles. The van der Waals surface area contributed by atoms with Crippen LogP contribution in [0.1, 0.15) is 161 Å². The molecule has 2 aromatic rings. The Hall–Kier alpha value is -0.940. The van der Waals surface area contributed by atoms with E-state index in [0.717, 1.165) is 77.0 Å². The van der Waals surface area contributed by atoms with Crippen LogP contribution in [0.5, 0.6) is 0 Å². The Bertz CT molecular complexity index is 981. The summed E-state index contributed by atoms with van der Waals surface area (Å²) in [7, 11) is -4.86. The lowest BCUT2D eigenvalue weighted by atomic mass is 9.52. The second-order valence-corrected chi connectivity index (χ2v) is 15.4. The van der Waals surface area contributed by atoms with Gasteiger partial charge < -0.3 is 28.6 Å². The molecule has 274 valence electrons. The molecule has 2 rings (SSSR count). The van der Waals surface area contributed by atoms with Gasteiger partial charge in [0.05, 0.1) is 17.6 Å². The minimum Gasteiger partial charge on any atom is -0.328 e. The number of benzene rings is 2. The fourth-order valence-corrected chi connectivity index (χ4v) is 9.23. The molecular formula is C40H68O6P2. The molecular weight excluding hydrogens is 638 g/mol. The van der Waals surface area contributed by atoms with Crippen LogP contribution in [0, 0.1) is 11.8 Å². The second kappa shape index (κ2) is 25.1. The first kappa shape index (κ1) is 43.2. The van der Waals surface area contributed by atoms with Crippen LogP contribution in [0.3, 0.4) is 0 Å². The quantitative estimate of drug-likeness (QED) is 0.0496. The van der Waals surface area contributed by atoms with Gasteiger partial charge in [0, 0.05) is 0 Å². The van der Waals surface area contributed by atoms with Crippen molar-refractivity contribution >= 4 is 17.2 Å². The van der Waals surface area contributed by atoms with Gasteiger partial charge in [-0.2, -0.15) is 0 Å². The highest BCUT2D eigenvalue weighted by molar-refractivity contribution is 7.39. The van der Waals surface area contributed by atoms with Crippen LogP contribution in [-0.2, 0) is 14.5 Å². The maximum absolute atomic E-state index is 10.9. The summed E-state index contributed by atoms with van der Waals surface area (Å²) in [6.45, 7) is 9.54. The van der Waals surface area contributed by atoms with Crippen molar-refractivity contribution in [3.05, 3.63) is 71.8 Å². The summed E-state index contributed by atoms with van der Waals surface area (Å²) in [5, 5.41) is 0. The molecule has 0 saturated heterocycles. The standard InChI is InChI=1S/C40H68O6P2/c1-5-7-9-19-27-35(3)40(46-48(43)44,36(4)28-20-10-8-6-2)39(37-29-21-17-22-30-37,38-31-23-18-24-32-38)33-25-15-13-11-12-14-16-26-34-45-47(41)42/h17-18,21-24,29-32,35-36,41-44H,5-16,19-20,25-28,33-34H2,1-4H3. The van der Waals surface area contributed by atoms with Gasteiger partial charge in [-0.1, -0.05) is 185 Å². The summed E-state index contributed by atoms with van der Waals surface area (Å²) in [5.74, 6) is 0.190. The zero-order chi connectivity index (χ0) is 35.1. The Morgan fingerprint density at radius 1 is 0.542 bits per heavy atom. The Labute approximate surface area is 296 Å². The van der Waals surface area contributed by atoms with Crippen molar-refractivity contribution < 1.29 is 28.6 Å². The monoisotopic (exact) mass is 706 g/mol. The predicted molar refractivity (Wildman–Crippen MR) is 204 cm³/mol. The molecule has 2 unspecified atom stereocenters. The average molecular weight is 707 g/mol. The minimum atomic E-state index is -2.61. The van der Waals surface area contributed by atoms with Crippen LogP contribution in [0.15, 0.2) is 60.7 Å². The highest BCUT2D eigenvalue weighted by Gasteiger charge is 2.60. The first-order valence-corrected chi connectivity index (χ1v) is 21.4. The SMILES string of the molecule is CCCCCCC(C)C(OP(O)O)(C(C)CCCCCC)C(CCCCCCCCCCOP(O)O)(c1ccccc1)c1ccccc1. The van der Waals surface area contributed by atoms with E-state index < -0.39 is 28.2 Å². The molecule has 0 spiro atoms. The van der Waals surface area contributed by atoms with Gasteiger partial charge >= 0.3 is 17.2 Å². The summed E-state index contributed by atoms with van der Waals surface area (Å²) in [6.07, 6.45) is 20.8. The molecule has 6 nitrogen and oxygen atoms in total. The highest BCUT2D eigenvalue weighted by Crippen LogP contribution is 2.60. The lowest BCUT2D eigenvalue weighted by Gasteiger charge is -2.57. The van der Waals surface area contributed by atoms with Gasteiger partial charge in [-0.05, 0) is 48.6 Å². The van der Waals surface area contributed by atoms with Crippen molar-refractivity contribution in [1.29, 1.82) is 0 Å². The Morgan fingerprint density at radius 3 is 1.38 bits per heavy atom. The Morgan fingerprint density at radius 2 is 0.958 bits per heavy atom. The molecule has 0 aromatic heterocycles. The summed E-state index contributed by atoms with van der Waals surface area (Å²) in [6, 6.07) is 21.7. The van der Waals surface area contributed by atoms with E-state index in [0.29, 0.717) is 6.61 Å². The van der Waals surface area contributed by atoms with E-state index in [1.165, 1.54) is 56.1 Å². The van der Waals surface area contributed by atoms with E-state index in [-0.39, 0.29) is 11.8 Å². The van der Waals surface area contributed by atoms with Crippen LogP contribution in [0.2, 0.25) is 0 Å².